The molecule has 1 atom stereocenters. The molecule has 0 bridgehead atoms. The molecule has 0 radical (unpaired) electrons. The van der Waals surface area contributed by atoms with Gasteiger partial charge in [-0.1, -0.05) is 12.1 Å². The van der Waals surface area contributed by atoms with Crippen molar-refractivity contribution in [1.29, 1.82) is 0 Å². The largest absolute Gasteiger partial charge is 0.550 e. The van der Waals surface area contributed by atoms with Crippen molar-refractivity contribution in [2.45, 2.75) is 19.3 Å². The maximum atomic E-state index is 12.3. The number of carbonyl (C=O) groups is 2. The first-order chi connectivity index (χ1) is 10.5. The topological polar surface area (TPSA) is 91.3 Å². The van der Waals surface area contributed by atoms with E-state index in [-0.39, 0.29) is 12.3 Å². The Bertz CT molecular complexity index is 684. The van der Waals surface area contributed by atoms with Crippen molar-refractivity contribution >= 4 is 28.9 Å². The smallest absolute Gasteiger partial charge is 0.234 e. The van der Waals surface area contributed by atoms with E-state index in [2.05, 4.69) is 10.3 Å². The number of thiazole rings is 1. The number of para-hydroxylation sites is 2. The molecule has 0 aliphatic carbocycles. The molecule has 1 aromatic heterocycles. The van der Waals surface area contributed by atoms with Gasteiger partial charge in [0, 0.05) is 17.8 Å². The summed E-state index contributed by atoms with van der Waals surface area (Å²) in [5.41, 5.74) is 0.977. The summed E-state index contributed by atoms with van der Waals surface area (Å²) in [7, 11) is 1.53. The minimum Gasteiger partial charge on any atom is -0.550 e. The minimum absolute atomic E-state index is 0.237. The molecule has 0 saturated heterocycles. The van der Waals surface area contributed by atoms with Gasteiger partial charge in [-0.3, -0.25) is 4.79 Å². The van der Waals surface area contributed by atoms with Gasteiger partial charge in [0.15, 0.2) is 0 Å². The molecule has 2 aromatic rings. The average Bonchev–Trinajstić information content (AvgIpc) is 2.94. The Balaban J connectivity index is 2.08. The van der Waals surface area contributed by atoms with Crippen LogP contribution >= 0.6 is 11.3 Å². The van der Waals surface area contributed by atoms with E-state index in [9.17, 15) is 14.7 Å². The number of rotatable bonds is 6. The van der Waals surface area contributed by atoms with Crippen molar-refractivity contribution in [3.8, 4) is 5.75 Å². The van der Waals surface area contributed by atoms with Crippen LogP contribution in [0.4, 0.5) is 5.69 Å². The van der Waals surface area contributed by atoms with Gasteiger partial charge in [-0.05, 0) is 19.1 Å². The standard InChI is InChI=1S/C15H16N2O4S/c1-9(15-16-10(8-22-15)7-13(18)19)14(20)17-11-5-3-4-6-12(11)21-2/h3-6,8-9H,7H2,1-2H3,(H,17,20)(H,18,19)/p-1/t9-/m1/s1. The number of aromatic nitrogens is 1. The Morgan fingerprint density at radius 2 is 2.14 bits per heavy atom. The maximum absolute atomic E-state index is 12.3. The second-order valence-electron chi connectivity index (χ2n) is 4.64. The number of carbonyl (C=O) groups excluding carboxylic acids is 2. The molecule has 0 aliphatic heterocycles. The van der Waals surface area contributed by atoms with Gasteiger partial charge in [0.05, 0.1) is 24.4 Å². The number of aliphatic carboxylic acids is 1. The molecule has 0 aliphatic rings. The van der Waals surface area contributed by atoms with Crippen LogP contribution in [0.1, 0.15) is 23.5 Å². The highest BCUT2D eigenvalue weighted by Crippen LogP contribution is 2.26. The lowest BCUT2D eigenvalue weighted by Gasteiger charge is -2.12. The molecule has 22 heavy (non-hydrogen) atoms. The zero-order chi connectivity index (χ0) is 16.1. The van der Waals surface area contributed by atoms with E-state index in [0.717, 1.165) is 0 Å². The Morgan fingerprint density at radius 1 is 1.41 bits per heavy atom. The Kier molecular flexibility index (Phi) is 5.11. The van der Waals surface area contributed by atoms with Gasteiger partial charge >= 0.3 is 0 Å². The zero-order valence-corrected chi connectivity index (χ0v) is 13.0. The molecular weight excluding hydrogens is 304 g/mol. The number of methoxy groups -OCH3 is 1. The molecule has 0 fully saturated rings. The number of hydrogen-bond acceptors (Lipinski definition) is 6. The van der Waals surface area contributed by atoms with Gasteiger partial charge in [-0.25, -0.2) is 4.98 Å². The molecule has 7 heteroatoms. The summed E-state index contributed by atoms with van der Waals surface area (Å²) in [5.74, 6) is -1.35. The fourth-order valence-corrected chi connectivity index (χ4v) is 2.73. The number of carboxylic acid groups (broad SMARTS) is 1. The summed E-state index contributed by atoms with van der Waals surface area (Å²) >= 11 is 1.25. The highest BCUT2D eigenvalue weighted by Gasteiger charge is 2.20. The summed E-state index contributed by atoms with van der Waals surface area (Å²) < 4.78 is 5.18. The summed E-state index contributed by atoms with van der Waals surface area (Å²) in [6, 6.07) is 7.10. The third kappa shape index (κ3) is 3.82. The summed E-state index contributed by atoms with van der Waals surface area (Å²) in [6.45, 7) is 1.71. The summed E-state index contributed by atoms with van der Waals surface area (Å²) in [5, 5.41) is 15.5. The first-order valence-electron chi connectivity index (χ1n) is 6.59. The monoisotopic (exact) mass is 319 g/mol. The van der Waals surface area contributed by atoms with Crippen molar-refractivity contribution in [3.63, 3.8) is 0 Å². The van der Waals surface area contributed by atoms with Gasteiger partial charge in [-0.15, -0.1) is 11.3 Å². The van der Waals surface area contributed by atoms with E-state index in [0.29, 0.717) is 22.1 Å². The van der Waals surface area contributed by atoms with Crippen molar-refractivity contribution in [1.82, 2.24) is 4.98 Å². The van der Waals surface area contributed by atoms with Crippen LogP contribution in [0, 0.1) is 0 Å². The molecular formula is C15H15N2O4S-. The number of ether oxygens (including phenoxy) is 1. The van der Waals surface area contributed by atoms with Gasteiger partial charge in [0.2, 0.25) is 5.91 Å². The number of anilines is 1. The Morgan fingerprint density at radius 3 is 2.82 bits per heavy atom. The van der Waals surface area contributed by atoms with E-state index in [4.69, 9.17) is 4.74 Å². The van der Waals surface area contributed by atoms with E-state index in [1.165, 1.54) is 18.4 Å². The highest BCUT2D eigenvalue weighted by molar-refractivity contribution is 7.09. The number of benzene rings is 1. The fraction of sp³-hybridized carbons (Fsp3) is 0.267. The van der Waals surface area contributed by atoms with Crippen LogP contribution in [0.5, 0.6) is 5.75 Å². The first-order valence-corrected chi connectivity index (χ1v) is 7.47. The first kappa shape index (κ1) is 16.0. The number of nitrogens with zero attached hydrogens (tertiary/aromatic N) is 1. The minimum atomic E-state index is -1.19. The SMILES string of the molecule is COc1ccccc1NC(=O)[C@@H](C)c1nc(CC(=O)[O-])cs1. The van der Waals surface area contributed by atoms with Crippen molar-refractivity contribution < 1.29 is 19.4 Å². The molecule has 0 unspecified atom stereocenters. The van der Waals surface area contributed by atoms with Crippen molar-refractivity contribution in [3.05, 3.63) is 40.3 Å². The molecule has 0 spiro atoms. The van der Waals surface area contributed by atoms with Crippen LogP contribution < -0.4 is 15.2 Å². The van der Waals surface area contributed by atoms with Crippen LogP contribution in [-0.2, 0) is 16.0 Å². The second kappa shape index (κ2) is 7.04. The van der Waals surface area contributed by atoms with Gasteiger partial charge in [0.25, 0.3) is 0 Å². The lowest BCUT2D eigenvalue weighted by molar-refractivity contribution is -0.304. The van der Waals surface area contributed by atoms with Crippen LogP contribution in [0.25, 0.3) is 0 Å². The van der Waals surface area contributed by atoms with Crippen LogP contribution in [-0.4, -0.2) is 24.0 Å². The fourth-order valence-electron chi connectivity index (χ4n) is 1.85. The van der Waals surface area contributed by atoms with Gasteiger partial charge in [0.1, 0.15) is 10.8 Å². The molecule has 1 aromatic carbocycles. The van der Waals surface area contributed by atoms with Crippen LogP contribution in [0.2, 0.25) is 0 Å². The molecule has 1 amide bonds. The Labute approximate surface area is 131 Å². The maximum Gasteiger partial charge on any atom is 0.234 e. The highest BCUT2D eigenvalue weighted by atomic mass is 32.1. The number of carboxylic acids is 1. The molecule has 6 nitrogen and oxygen atoms in total. The molecule has 0 saturated carbocycles. The average molecular weight is 319 g/mol. The second-order valence-corrected chi connectivity index (χ2v) is 5.53. The lowest BCUT2D eigenvalue weighted by Crippen LogP contribution is -2.24. The zero-order valence-electron chi connectivity index (χ0n) is 12.2. The van der Waals surface area contributed by atoms with Crippen LogP contribution in [0.15, 0.2) is 29.6 Å². The molecule has 2 rings (SSSR count). The molecule has 1 heterocycles. The molecule has 116 valence electrons. The Hall–Kier alpha value is -2.41. The molecule has 1 N–H and O–H groups in total. The van der Waals surface area contributed by atoms with E-state index in [1.807, 2.05) is 6.07 Å². The summed E-state index contributed by atoms with van der Waals surface area (Å²) in [4.78, 5) is 27.0. The van der Waals surface area contributed by atoms with E-state index >= 15 is 0 Å². The quantitative estimate of drug-likeness (QED) is 0.863. The number of amides is 1. The lowest BCUT2D eigenvalue weighted by atomic mass is 10.1. The number of hydrogen-bond donors (Lipinski definition) is 1. The van der Waals surface area contributed by atoms with Gasteiger partial charge < -0.3 is 20.0 Å². The van der Waals surface area contributed by atoms with Crippen molar-refractivity contribution in [2.75, 3.05) is 12.4 Å². The number of nitrogens with one attached hydrogen (secondary N) is 1. The van der Waals surface area contributed by atoms with Gasteiger partial charge in [-0.2, -0.15) is 0 Å². The van der Waals surface area contributed by atoms with E-state index in [1.54, 1.807) is 30.5 Å². The third-order valence-electron chi connectivity index (χ3n) is 3.02. The summed E-state index contributed by atoms with van der Waals surface area (Å²) in [6.07, 6.45) is -0.253. The van der Waals surface area contributed by atoms with Crippen LogP contribution in [0.3, 0.4) is 0 Å². The predicted octanol–water partition coefficient (Wildman–Crippen LogP) is 1.19. The van der Waals surface area contributed by atoms with E-state index < -0.39 is 11.9 Å². The predicted molar refractivity (Wildman–Crippen MR) is 80.9 cm³/mol. The van der Waals surface area contributed by atoms with Crippen molar-refractivity contribution in [2.24, 2.45) is 0 Å². The third-order valence-corrected chi connectivity index (χ3v) is 4.10. The normalized spacial score (nSPS) is 11.7.